The molecule has 1 N–H and O–H groups in total. The second-order valence-corrected chi connectivity index (χ2v) is 6.50. The molecule has 0 saturated heterocycles. The molecule has 2 aromatic carbocycles. The van der Waals surface area contributed by atoms with Crippen LogP contribution in [0, 0.1) is 44.2 Å². The van der Waals surface area contributed by atoms with Crippen molar-refractivity contribution in [3.63, 3.8) is 0 Å². The number of nitrogens with zero attached hydrogens (tertiary/aromatic N) is 4. The molecule has 0 radical (unpaired) electrons. The minimum atomic E-state index is -0.769. The zero-order valence-corrected chi connectivity index (χ0v) is 16.3. The number of nitro benzene ring substituents is 3. The van der Waals surface area contributed by atoms with E-state index in [0.717, 1.165) is 23.3 Å². The fraction of sp³-hybridized carbons (Fsp3) is 0.105. The highest BCUT2D eigenvalue weighted by atomic mass is 16.6. The summed E-state index contributed by atoms with van der Waals surface area (Å²) in [4.78, 5) is 31.3. The number of rotatable bonds is 7. The molecule has 0 spiro atoms. The lowest BCUT2D eigenvalue weighted by Gasteiger charge is -2.04. The molecule has 12 nitrogen and oxygen atoms in total. The molecular formula is C19H15N5O7. The molecule has 0 fully saturated rings. The number of nitro groups is 3. The number of non-ortho nitro benzene ring substituents is 1. The summed E-state index contributed by atoms with van der Waals surface area (Å²) in [6.45, 7) is 3.60. The topological polar surface area (TPSA) is 167 Å². The van der Waals surface area contributed by atoms with Gasteiger partial charge in [-0.3, -0.25) is 35.8 Å². The van der Waals surface area contributed by atoms with E-state index in [1.54, 1.807) is 19.1 Å². The molecule has 0 atom stereocenters. The third kappa shape index (κ3) is 4.53. The lowest BCUT2D eigenvalue weighted by Crippen LogP contribution is -1.98. The number of nitrogens with one attached hydrogen (secondary N) is 1. The average molecular weight is 425 g/mol. The zero-order valence-electron chi connectivity index (χ0n) is 16.3. The van der Waals surface area contributed by atoms with E-state index in [-0.39, 0.29) is 22.9 Å². The Morgan fingerprint density at radius 2 is 1.55 bits per heavy atom. The Labute approximate surface area is 174 Å². The van der Waals surface area contributed by atoms with Crippen LogP contribution in [0.1, 0.15) is 16.9 Å². The summed E-state index contributed by atoms with van der Waals surface area (Å²) in [5.74, 6) is 0.497. The molecular weight excluding hydrogens is 410 g/mol. The summed E-state index contributed by atoms with van der Waals surface area (Å²) in [5.41, 5.74) is 3.30. The summed E-state index contributed by atoms with van der Waals surface area (Å²) >= 11 is 0. The van der Waals surface area contributed by atoms with Crippen LogP contribution in [0.15, 0.2) is 52.0 Å². The lowest BCUT2D eigenvalue weighted by atomic mass is 10.0. The molecule has 0 saturated carbocycles. The molecule has 0 aliphatic heterocycles. The number of anilines is 1. The summed E-state index contributed by atoms with van der Waals surface area (Å²) in [6.07, 6.45) is 1.22. The molecule has 3 rings (SSSR count). The predicted octanol–water partition coefficient (Wildman–Crippen LogP) is 4.73. The smallest absolute Gasteiger partial charge is 0.301 e. The highest BCUT2D eigenvalue weighted by molar-refractivity contribution is 5.80. The minimum absolute atomic E-state index is 0.0524. The van der Waals surface area contributed by atoms with Gasteiger partial charge in [0.1, 0.15) is 17.2 Å². The molecule has 0 unspecified atom stereocenters. The maximum absolute atomic E-state index is 11.4. The van der Waals surface area contributed by atoms with Crippen LogP contribution in [-0.2, 0) is 0 Å². The van der Waals surface area contributed by atoms with Gasteiger partial charge < -0.3 is 4.42 Å². The Morgan fingerprint density at radius 3 is 2.19 bits per heavy atom. The second-order valence-electron chi connectivity index (χ2n) is 6.50. The van der Waals surface area contributed by atoms with Gasteiger partial charge >= 0.3 is 5.69 Å². The number of hydrogen-bond acceptors (Lipinski definition) is 9. The molecule has 31 heavy (non-hydrogen) atoms. The SMILES string of the molecule is Cc1cc(-c2ccc(C=NNc3ccc([N+](=O)[O-])cc3[N+](=O)[O-])o2)c([N+](=O)[O-])cc1C. The van der Waals surface area contributed by atoms with E-state index in [0.29, 0.717) is 5.56 Å². The maximum Gasteiger partial charge on any atom is 0.301 e. The standard InChI is InChI=1S/C19H15N5O7/c1-11-7-15(17(23(27)28)8-12(11)2)19-6-4-14(31-19)10-20-21-16-5-3-13(22(25)26)9-18(16)24(29)30/h3-10,21H,1-2H3. The first-order valence-electron chi connectivity index (χ1n) is 8.75. The van der Waals surface area contributed by atoms with Crippen molar-refractivity contribution in [2.75, 3.05) is 5.43 Å². The number of hydrogen-bond donors (Lipinski definition) is 1. The van der Waals surface area contributed by atoms with Gasteiger partial charge in [0, 0.05) is 12.1 Å². The van der Waals surface area contributed by atoms with E-state index in [1.165, 1.54) is 24.4 Å². The normalized spacial score (nSPS) is 10.9. The Kier molecular flexibility index (Phi) is 5.72. The van der Waals surface area contributed by atoms with E-state index < -0.39 is 26.1 Å². The van der Waals surface area contributed by atoms with Gasteiger partial charge in [0.2, 0.25) is 0 Å². The zero-order chi connectivity index (χ0) is 22.7. The van der Waals surface area contributed by atoms with Crippen molar-refractivity contribution in [2.45, 2.75) is 13.8 Å². The van der Waals surface area contributed by atoms with Crippen LogP contribution in [0.25, 0.3) is 11.3 Å². The van der Waals surface area contributed by atoms with E-state index >= 15 is 0 Å². The van der Waals surface area contributed by atoms with Crippen LogP contribution < -0.4 is 5.43 Å². The third-order valence-electron chi connectivity index (χ3n) is 4.47. The highest BCUT2D eigenvalue weighted by Crippen LogP contribution is 2.33. The van der Waals surface area contributed by atoms with Crippen molar-refractivity contribution < 1.29 is 19.2 Å². The molecule has 0 aliphatic rings. The second kappa shape index (κ2) is 8.41. The van der Waals surface area contributed by atoms with Crippen molar-refractivity contribution in [3.05, 3.63) is 89.7 Å². The van der Waals surface area contributed by atoms with Gasteiger partial charge in [-0.05, 0) is 49.2 Å². The van der Waals surface area contributed by atoms with Crippen molar-refractivity contribution >= 4 is 29.0 Å². The van der Waals surface area contributed by atoms with E-state index in [1.807, 2.05) is 6.92 Å². The summed E-state index contributed by atoms with van der Waals surface area (Å²) in [6, 6.07) is 9.30. The molecule has 3 aromatic rings. The molecule has 12 heteroatoms. The van der Waals surface area contributed by atoms with E-state index in [4.69, 9.17) is 4.42 Å². The first-order chi connectivity index (χ1) is 14.7. The molecule has 1 aromatic heterocycles. The number of benzene rings is 2. The van der Waals surface area contributed by atoms with Gasteiger partial charge in [-0.15, -0.1) is 0 Å². The largest absolute Gasteiger partial charge is 0.455 e. The van der Waals surface area contributed by atoms with Crippen LogP contribution in [-0.4, -0.2) is 21.0 Å². The number of hydrazone groups is 1. The van der Waals surface area contributed by atoms with Gasteiger partial charge in [0.25, 0.3) is 11.4 Å². The average Bonchev–Trinajstić information content (AvgIpc) is 3.18. The summed E-state index contributed by atoms with van der Waals surface area (Å²) < 4.78 is 5.60. The molecule has 1 heterocycles. The Bertz CT molecular complexity index is 1230. The summed E-state index contributed by atoms with van der Waals surface area (Å²) in [5, 5.41) is 37.2. The third-order valence-corrected chi connectivity index (χ3v) is 4.47. The van der Waals surface area contributed by atoms with Crippen molar-refractivity contribution in [2.24, 2.45) is 5.10 Å². The van der Waals surface area contributed by atoms with E-state index in [9.17, 15) is 30.3 Å². The lowest BCUT2D eigenvalue weighted by molar-refractivity contribution is -0.393. The van der Waals surface area contributed by atoms with Crippen LogP contribution in [0.5, 0.6) is 0 Å². The van der Waals surface area contributed by atoms with Crippen LogP contribution in [0.3, 0.4) is 0 Å². The highest BCUT2D eigenvalue weighted by Gasteiger charge is 2.20. The van der Waals surface area contributed by atoms with Gasteiger partial charge in [-0.1, -0.05) is 0 Å². The number of furan rings is 1. The van der Waals surface area contributed by atoms with Crippen molar-refractivity contribution in [1.29, 1.82) is 0 Å². The fourth-order valence-corrected chi connectivity index (χ4v) is 2.76. The first-order valence-corrected chi connectivity index (χ1v) is 8.75. The molecule has 0 bridgehead atoms. The maximum atomic E-state index is 11.4. The first kappa shape index (κ1) is 21.1. The van der Waals surface area contributed by atoms with Crippen LogP contribution >= 0.6 is 0 Å². The van der Waals surface area contributed by atoms with Crippen LogP contribution in [0.2, 0.25) is 0 Å². The van der Waals surface area contributed by atoms with Gasteiger partial charge in [-0.25, -0.2) is 0 Å². The van der Waals surface area contributed by atoms with Gasteiger partial charge in [0.05, 0.1) is 32.6 Å². The van der Waals surface area contributed by atoms with Gasteiger partial charge in [-0.2, -0.15) is 5.10 Å². The predicted molar refractivity (Wildman–Crippen MR) is 111 cm³/mol. The molecule has 158 valence electrons. The van der Waals surface area contributed by atoms with Crippen LogP contribution in [0.4, 0.5) is 22.7 Å². The Balaban J connectivity index is 1.85. The molecule has 0 amide bonds. The minimum Gasteiger partial charge on any atom is -0.455 e. The molecule has 0 aliphatic carbocycles. The summed E-state index contributed by atoms with van der Waals surface area (Å²) in [7, 11) is 0. The Hall–Kier alpha value is -4.61. The van der Waals surface area contributed by atoms with Crippen molar-refractivity contribution in [1.82, 2.24) is 0 Å². The van der Waals surface area contributed by atoms with Gasteiger partial charge in [0.15, 0.2) is 0 Å². The fourth-order valence-electron chi connectivity index (χ4n) is 2.76. The van der Waals surface area contributed by atoms with E-state index in [2.05, 4.69) is 10.5 Å². The quantitative estimate of drug-likeness (QED) is 0.322. The number of aryl methyl sites for hydroxylation is 2. The Morgan fingerprint density at radius 1 is 0.871 bits per heavy atom. The monoisotopic (exact) mass is 425 g/mol. The van der Waals surface area contributed by atoms with Crippen molar-refractivity contribution in [3.8, 4) is 11.3 Å².